The van der Waals surface area contributed by atoms with Crippen LogP contribution in [0.1, 0.15) is 22.2 Å². The lowest BCUT2D eigenvalue weighted by molar-refractivity contribution is 0.0516. The van der Waals surface area contributed by atoms with Gasteiger partial charge in [0.2, 0.25) is 0 Å². The first-order valence-corrected chi connectivity index (χ1v) is 10.2. The van der Waals surface area contributed by atoms with Crippen molar-refractivity contribution in [1.29, 1.82) is 0 Å². The number of hydrogen-bond donors (Lipinski definition) is 1. The molecule has 1 aromatic heterocycles. The first-order chi connectivity index (χ1) is 14.1. The molecule has 8 nitrogen and oxygen atoms in total. The summed E-state index contributed by atoms with van der Waals surface area (Å²) >= 11 is 11.6. The van der Waals surface area contributed by atoms with Crippen LogP contribution in [0.15, 0.2) is 34.8 Å². The highest BCUT2D eigenvalue weighted by atomic mass is 35.5. The number of rotatable bonds is 4. The van der Waals surface area contributed by atoms with Gasteiger partial charge in [0.05, 0.1) is 26.9 Å². The molecule has 1 fully saturated rings. The topological polar surface area (TPSA) is 82.5 Å². The Balaban J connectivity index is 1.94. The number of anilines is 1. The van der Waals surface area contributed by atoms with Crippen LogP contribution in [0.2, 0.25) is 5.02 Å². The minimum atomic E-state index is -0.970. The smallest absolute Gasteiger partial charge is 0.312 e. The molecule has 0 saturated carbocycles. The molecule has 0 unspecified atom stereocenters. The van der Waals surface area contributed by atoms with Crippen molar-refractivity contribution in [3.8, 4) is 0 Å². The summed E-state index contributed by atoms with van der Waals surface area (Å²) in [6, 6.07) is 3.80. The van der Waals surface area contributed by atoms with Crippen molar-refractivity contribution >= 4 is 65.0 Å². The maximum Gasteiger partial charge on any atom is 0.367 e. The molecule has 1 saturated heterocycles. The van der Waals surface area contributed by atoms with Crippen LogP contribution in [0.4, 0.5) is 19.7 Å². The van der Waals surface area contributed by atoms with Crippen LogP contribution in [-0.4, -0.2) is 53.1 Å². The van der Waals surface area contributed by atoms with Gasteiger partial charge in [0, 0.05) is 14.1 Å². The average molecular weight is 471 g/mol. The summed E-state index contributed by atoms with van der Waals surface area (Å²) in [5, 5.41) is 5.35. The van der Waals surface area contributed by atoms with Crippen LogP contribution in [0, 0.1) is 5.82 Å². The Morgan fingerprint density at radius 3 is 2.47 bits per heavy atom. The molecule has 1 aliphatic rings. The molecule has 2 aromatic rings. The number of oxime groups is 1. The Morgan fingerprint density at radius 2 is 1.90 bits per heavy atom. The Hall–Kier alpha value is -2.63. The van der Waals surface area contributed by atoms with Crippen LogP contribution in [0.3, 0.4) is 0 Å². The summed E-state index contributed by atoms with van der Waals surface area (Å²) in [6.45, 7) is 1.65. The van der Waals surface area contributed by atoms with Crippen molar-refractivity contribution < 1.29 is 23.6 Å². The first-order valence-electron chi connectivity index (χ1n) is 8.44. The highest BCUT2D eigenvalue weighted by molar-refractivity contribution is 7.80. The first kappa shape index (κ1) is 22.1. The van der Waals surface area contributed by atoms with Gasteiger partial charge in [0.15, 0.2) is 5.50 Å². The van der Waals surface area contributed by atoms with E-state index in [-0.39, 0.29) is 10.6 Å². The van der Waals surface area contributed by atoms with Crippen molar-refractivity contribution in [2.24, 2.45) is 5.16 Å². The number of urea groups is 2. The normalized spacial score (nSPS) is 15.8. The largest absolute Gasteiger partial charge is 0.367 e. The summed E-state index contributed by atoms with van der Waals surface area (Å²) in [4.78, 5) is 46.2. The molecule has 30 heavy (non-hydrogen) atoms. The summed E-state index contributed by atoms with van der Waals surface area (Å²) in [7, 11) is 2.81. The van der Waals surface area contributed by atoms with E-state index in [1.54, 1.807) is 13.0 Å². The number of nitrogens with zero attached hydrogens (tertiary/aromatic N) is 4. The van der Waals surface area contributed by atoms with Crippen LogP contribution in [0.25, 0.3) is 0 Å². The number of imide groups is 1. The number of carbonyl (C=O) groups is 3. The second-order valence-electron chi connectivity index (χ2n) is 6.28. The second-order valence-corrected chi connectivity index (χ2v) is 8.10. The number of thiophene rings is 1. The molecule has 1 aliphatic heterocycles. The molecule has 0 N–H and O–H groups in total. The quantitative estimate of drug-likeness (QED) is 0.313. The van der Waals surface area contributed by atoms with Crippen molar-refractivity contribution in [3.05, 3.63) is 50.9 Å². The number of carbonyl (C=O) groups excluding carboxylic acids is 3. The van der Waals surface area contributed by atoms with E-state index in [9.17, 15) is 18.8 Å². The van der Waals surface area contributed by atoms with Crippen molar-refractivity contribution in [2.45, 2.75) is 12.4 Å². The summed E-state index contributed by atoms with van der Waals surface area (Å²) in [6.07, 6.45) is 0. The van der Waals surface area contributed by atoms with E-state index < -0.39 is 35.0 Å². The zero-order valence-corrected chi connectivity index (χ0v) is 18.5. The third kappa shape index (κ3) is 4.00. The fraction of sp³-hybridized carbons (Fsp3) is 0.222. The van der Waals surface area contributed by atoms with E-state index in [1.165, 1.54) is 25.4 Å². The van der Waals surface area contributed by atoms with E-state index in [0.29, 0.717) is 10.6 Å². The third-order valence-corrected chi connectivity index (χ3v) is 6.30. The zero-order chi connectivity index (χ0) is 22.2. The number of benzene rings is 1. The molecule has 0 atom stereocenters. The van der Waals surface area contributed by atoms with Crippen molar-refractivity contribution in [3.63, 3.8) is 0 Å². The number of hydrogen-bond acceptors (Lipinski definition) is 7. The lowest BCUT2D eigenvalue weighted by atomic mass is 10.1. The highest BCUT2D eigenvalue weighted by Gasteiger charge is 2.41. The van der Waals surface area contributed by atoms with Gasteiger partial charge in [-0.3, -0.25) is 9.80 Å². The predicted molar refractivity (Wildman–Crippen MR) is 115 cm³/mol. The second kappa shape index (κ2) is 8.62. The van der Waals surface area contributed by atoms with Crippen molar-refractivity contribution in [1.82, 2.24) is 9.80 Å². The van der Waals surface area contributed by atoms with Gasteiger partial charge >= 0.3 is 18.0 Å². The average Bonchev–Trinajstić information content (AvgIpc) is 3.25. The molecule has 0 bridgehead atoms. The zero-order valence-electron chi connectivity index (χ0n) is 16.0. The lowest BCUT2D eigenvalue weighted by Crippen LogP contribution is -2.62. The van der Waals surface area contributed by atoms with E-state index in [0.717, 1.165) is 26.8 Å². The van der Waals surface area contributed by atoms with Crippen molar-refractivity contribution in [2.75, 3.05) is 19.0 Å². The molecule has 0 spiro atoms. The molecule has 4 amide bonds. The fourth-order valence-electron chi connectivity index (χ4n) is 2.61. The van der Waals surface area contributed by atoms with Gasteiger partial charge < -0.3 is 4.84 Å². The van der Waals surface area contributed by atoms with E-state index in [2.05, 4.69) is 17.8 Å². The Morgan fingerprint density at radius 1 is 1.27 bits per heavy atom. The number of amides is 4. The van der Waals surface area contributed by atoms with Crippen LogP contribution >= 0.6 is 35.6 Å². The van der Waals surface area contributed by atoms with Gasteiger partial charge in [0.1, 0.15) is 5.82 Å². The Labute approximate surface area is 185 Å². The molecule has 0 aliphatic carbocycles. The van der Waals surface area contributed by atoms with Gasteiger partial charge in [-0.15, -0.1) is 24.0 Å². The minimum Gasteiger partial charge on any atom is -0.312 e. The Kier molecular flexibility index (Phi) is 6.34. The molecule has 0 radical (unpaired) electrons. The minimum absolute atomic E-state index is 0.254. The van der Waals surface area contributed by atoms with Crippen LogP contribution < -0.4 is 4.90 Å². The summed E-state index contributed by atoms with van der Waals surface area (Å²) < 4.78 is 14.6. The molecule has 12 heteroatoms. The number of halogens is 2. The maximum atomic E-state index is 14.6. The summed E-state index contributed by atoms with van der Waals surface area (Å²) in [5.41, 5.74) is -1.06. The molecule has 158 valence electrons. The van der Waals surface area contributed by atoms with Gasteiger partial charge in [-0.1, -0.05) is 22.8 Å². The van der Waals surface area contributed by atoms with Crippen LogP contribution in [0.5, 0.6) is 0 Å². The third-order valence-electron chi connectivity index (χ3n) is 4.32. The van der Waals surface area contributed by atoms with Gasteiger partial charge in [-0.05, 0) is 30.5 Å². The molecule has 2 heterocycles. The lowest BCUT2D eigenvalue weighted by Gasteiger charge is -2.41. The summed E-state index contributed by atoms with van der Waals surface area (Å²) in [5.74, 6) is -1.93. The van der Waals surface area contributed by atoms with Gasteiger partial charge in [0.25, 0.3) is 0 Å². The SMILES string of the molecule is C/C(=N\OC(=O)c1cc(N2C(=O)N(C)C(S)N(C)C2=O)c(F)cc1Cl)c1cccs1. The predicted octanol–water partition coefficient (Wildman–Crippen LogP) is 4.26. The van der Waals surface area contributed by atoms with Gasteiger partial charge in [-0.25, -0.2) is 23.7 Å². The van der Waals surface area contributed by atoms with E-state index in [4.69, 9.17) is 16.4 Å². The Bertz CT molecular complexity index is 1030. The fourth-order valence-corrected chi connectivity index (χ4v) is 3.71. The highest BCUT2D eigenvalue weighted by Crippen LogP contribution is 2.32. The maximum absolute atomic E-state index is 14.6. The van der Waals surface area contributed by atoms with E-state index in [1.807, 2.05) is 11.4 Å². The molecular weight excluding hydrogens is 455 g/mol. The number of thiol groups is 1. The van der Waals surface area contributed by atoms with Crippen LogP contribution in [-0.2, 0) is 4.84 Å². The monoisotopic (exact) mass is 470 g/mol. The van der Waals surface area contributed by atoms with Gasteiger partial charge in [-0.2, -0.15) is 0 Å². The standard InChI is InChI=1S/C18H16ClFN4O4S2/c1-9(14-5-4-6-30-14)21-28-15(25)10-7-13(12(20)8-11(10)19)24-16(26)22(2)18(29)23(3)17(24)27/h4-8,18,29H,1-3H3/b21-9+. The molecule has 3 rings (SSSR count). The van der Waals surface area contributed by atoms with E-state index >= 15 is 0 Å². The molecule has 1 aromatic carbocycles. The molecular formula is C18H16ClFN4O4S2.